The molecule has 3 rings (SSSR count). The third-order valence-corrected chi connectivity index (χ3v) is 7.64. The van der Waals surface area contributed by atoms with Crippen LogP contribution >= 0.6 is 11.6 Å². The summed E-state index contributed by atoms with van der Waals surface area (Å²) >= 11 is 6.10. The summed E-state index contributed by atoms with van der Waals surface area (Å²) in [5.41, 5.74) is 1.79. The Hall–Kier alpha value is -3.36. The molecule has 0 aliphatic rings. The molecule has 0 radical (unpaired) electrons. The Kier molecular flexibility index (Phi) is 10.8. The highest BCUT2D eigenvalue weighted by molar-refractivity contribution is 7.92. The summed E-state index contributed by atoms with van der Waals surface area (Å²) in [6.45, 7) is 6.07. The first-order valence-electron chi connectivity index (χ1n) is 13.3. The molecule has 214 valence electrons. The van der Waals surface area contributed by atoms with E-state index in [1.54, 1.807) is 29.2 Å². The minimum Gasteiger partial charge on any atom is -0.350 e. The number of nitrogens with one attached hydrogen (secondary N) is 1. The maximum Gasteiger partial charge on any atom is 0.243 e. The van der Waals surface area contributed by atoms with Crippen molar-refractivity contribution in [3.8, 4) is 0 Å². The number of hydrogen-bond acceptors (Lipinski definition) is 4. The third-order valence-electron chi connectivity index (χ3n) is 6.21. The topological polar surface area (TPSA) is 86.8 Å². The fraction of sp³-hybridized carbons (Fsp3) is 0.355. The number of hydrogen-bond donors (Lipinski definition) is 1. The number of amides is 2. The lowest BCUT2D eigenvalue weighted by atomic mass is 10.00. The van der Waals surface area contributed by atoms with Crippen LogP contribution in [-0.2, 0) is 32.6 Å². The zero-order chi connectivity index (χ0) is 29.3. The number of carbonyl (C=O) groups excluding carboxylic acids is 2. The van der Waals surface area contributed by atoms with Crippen LogP contribution in [0.2, 0.25) is 5.02 Å². The minimum atomic E-state index is -3.61. The summed E-state index contributed by atoms with van der Waals surface area (Å²) in [5.74, 6) is -0.467. The molecule has 2 amide bonds. The molecule has 0 heterocycles. The second kappa shape index (κ2) is 13.8. The van der Waals surface area contributed by atoms with Crippen LogP contribution in [0.4, 0.5) is 5.69 Å². The van der Waals surface area contributed by atoms with Crippen molar-refractivity contribution in [1.29, 1.82) is 0 Å². The minimum absolute atomic E-state index is 0.0630. The van der Waals surface area contributed by atoms with Gasteiger partial charge in [-0.1, -0.05) is 78.3 Å². The summed E-state index contributed by atoms with van der Waals surface area (Å²) in [7, 11) is -3.61. The predicted octanol–water partition coefficient (Wildman–Crippen LogP) is 5.44. The van der Waals surface area contributed by atoms with Crippen LogP contribution in [0, 0.1) is 0 Å². The molecule has 3 aromatic rings. The van der Waals surface area contributed by atoms with E-state index in [1.165, 1.54) is 4.31 Å². The van der Waals surface area contributed by atoms with Crippen LogP contribution in [0.3, 0.4) is 0 Å². The van der Waals surface area contributed by atoms with Gasteiger partial charge in [0.05, 0.1) is 11.9 Å². The Morgan fingerprint density at radius 1 is 0.900 bits per heavy atom. The van der Waals surface area contributed by atoms with E-state index in [4.69, 9.17) is 11.6 Å². The Balaban J connectivity index is 1.88. The SMILES string of the molecule is CC(C)(C)NC(=O)[C@H](Cc1ccccc1)N(Cc1ccccc1)C(=O)CCCN(c1cccc(Cl)c1)S(C)(=O)=O. The second-order valence-electron chi connectivity index (χ2n) is 10.9. The van der Waals surface area contributed by atoms with Crippen molar-refractivity contribution < 1.29 is 18.0 Å². The summed E-state index contributed by atoms with van der Waals surface area (Å²) in [6, 6.07) is 25.0. The van der Waals surface area contributed by atoms with Crippen molar-refractivity contribution in [2.45, 2.75) is 58.2 Å². The van der Waals surface area contributed by atoms with Gasteiger partial charge in [0.15, 0.2) is 0 Å². The average molecular weight is 584 g/mol. The van der Waals surface area contributed by atoms with Crippen LogP contribution in [0.1, 0.15) is 44.7 Å². The van der Waals surface area contributed by atoms with Crippen LogP contribution in [-0.4, -0.2) is 49.5 Å². The molecule has 0 fully saturated rings. The highest BCUT2D eigenvalue weighted by Crippen LogP contribution is 2.23. The predicted molar refractivity (Wildman–Crippen MR) is 162 cm³/mol. The molecule has 0 aromatic heterocycles. The summed E-state index contributed by atoms with van der Waals surface area (Å²) in [4.78, 5) is 29.1. The van der Waals surface area contributed by atoms with Gasteiger partial charge in [-0.05, 0) is 56.5 Å². The first kappa shape index (κ1) is 31.2. The van der Waals surface area contributed by atoms with E-state index in [0.29, 0.717) is 17.1 Å². The number of anilines is 1. The van der Waals surface area contributed by atoms with Crippen molar-refractivity contribution in [3.05, 3.63) is 101 Å². The number of carbonyl (C=O) groups is 2. The zero-order valence-corrected chi connectivity index (χ0v) is 25.1. The van der Waals surface area contributed by atoms with E-state index in [2.05, 4.69) is 5.32 Å². The molecule has 40 heavy (non-hydrogen) atoms. The van der Waals surface area contributed by atoms with Gasteiger partial charge in [0.2, 0.25) is 21.8 Å². The molecule has 3 aromatic carbocycles. The van der Waals surface area contributed by atoms with Gasteiger partial charge in [-0.3, -0.25) is 13.9 Å². The Morgan fingerprint density at radius 3 is 2.05 bits per heavy atom. The lowest BCUT2D eigenvalue weighted by molar-refractivity contribution is -0.142. The molecule has 0 aliphatic heterocycles. The summed E-state index contributed by atoms with van der Waals surface area (Å²) < 4.78 is 26.4. The van der Waals surface area contributed by atoms with E-state index < -0.39 is 21.6 Å². The Bertz CT molecular complexity index is 1380. The first-order chi connectivity index (χ1) is 18.8. The van der Waals surface area contributed by atoms with Gasteiger partial charge < -0.3 is 10.2 Å². The standard InChI is InChI=1S/C31H38ClN3O4S/c1-31(2,3)33-30(37)28(21-24-13-7-5-8-14-24)34(23-25-15-9-6-10-16-25)29(36)19-12-20-35(40(4,38)39)27-18-11-17-26(32)22-27/h5-11,13-18,22,28H,12,19-21,23H2,1-4H3,(H,33,37)/t28-/m0/s1. The monoisotopic (exact) mass is 583 g/mol. The number of rotatable bonds is 12. The molecule has 1 atom stereocenters. The van der Waals surface area contributed by atoms with Crippen LogP contribution < -0.4 is 9.62 Å². The largest absolute Gasteiger partial charge is 0.350 e. The van der Waals surface area contributed by atoms with Crippen molar-refractivity contribution in [2.24, 2.45) is 0 Å². The van der Waals surface area contributed by atoms with Gasteiger partial charge >= 0.3 is 0 Å². The molecule has 0 bridgehead atoms. The van der Waals surface area contributed by atoms with Gasteiger partial charge in [-0.2, -0.15) is 0 Å². The molecule has 0 unspecified atom stereocenters. The van der Waals surface area contributed by atoms with E-state index in [-0.39, 0.29) is 37.7 Å². The van der Waals surface area contributed by atoms with Gasteiger partial charge in [0, 0.05) is 36.5 Å². The van der Waals surface area contributed by atoms with Crippen molar-refractivity contribution >= 4 is 39.1 Å². The zero-order valence-electron chi connectivity index (χ0n) is 23.5. The maximum atomic E-state index is 13.8. The third kappa shape index (κ3) is 9.68. The lowest BCUT2D eigenvalue weighted by Gasteiger charge is -2.34. The quantitative estimate of drug-likeness (QED) is 0.307. The number of benzene rings is 3. The fourth-order valence-electron chi connectivity index (χ4n) is 4.42. The van der Waals surface area contributed by atoms with E-state index >= 15 is 0 Å². The van der Waals surface area contributed by atoms with Crippen LogP contribution in [0.25, 0.3) is 0 Å². The molecular weight excluding hydrogens is 546 g/mol. The molecule has 0 saturated heterocycles. The van der Waals surface area contributed by atoms with Crippen molar-refractivity contribution in [2.75, 3.05) is 17.1 Å². The Morgan fingerprint density at radius 2 is 1.50 bits per heavy atom. The molecule has 0 aliphatic carbocycles. The van der Waals surface area contributed by atoms with Gasteiger partial charge in [0.25, 0.3) is 0 Å². The van der Waals surface area contributed by atoms with Gasteiger partial charge in [0.1, 0.15) is 6.04 Å². The lowest BCUT2D eigenvalue weighted by Crippen LogP contribution is -2.54. The van der Waals surface area contributed by atoms with E-state index in [1.807, 2.05) is 81.4 Å². The molecule has 7 nitrogen and oxygen atoms in total. The molecule has 1 N–H and O–H groups in total. The van der Waals surface area contributed by atoms with Gasteiger partial charge in [-0.15, -0.1) is 0 Å². The van der Waals surface area contributed by atoms with Crippen molar-refractivity contribution in [3.63, 3.8) is 0 Å². The fourth-order valence-corrected chi connectivity index (χ4v) is 5.56. The van der Waals surface area contributed by atoms with Crippen molar-refractivity contribution in [1.82, 2.24) is 10.2 Å². The van der Waals surface area contributed by atoms with Gasteiger partial charge in [-0.25, -0.2) is 8.42 Å². The smallest absolute Gasteiger partial charge is 0.243 e. The normalized spacial score (nSPS) is 12.4. The average Bonchev–Trinajstić information content (AvgIpc) is 2.88. The molecule has 9 heteroatoms. The van der Waals surface area contributed by atoms with Crippen LogP contribution in [0.5, 0.6) is 0 Å². The molecule has 0 saturated carbocycles. The number of halogens is 1. The first-order valence-corrected chi connectivity index (χ1v) is 15.5. The van der Waals surface area contributed by atoms with E-state index in [0.717, 1.165) is 17.4 Å². The highest BCUT2D eigenvalue weighted by atomic mass is 35.5. The number of nitrogens with zero attached hydrogens (tertiary/aromatic N) is 2. The Labute approximate surface area is 243 Å². The highest BCUT2D eigenvalue weighted by Gasteiger charge is 2.32. The summed E-state index contributed by atoms with van der Waals surface area (Å²) in [6.07, 6.45) is 1.81. The maximum absolute atomic E-state index is 13.8. The van der Waals surface area contributed by atoms with Crippen LogP contribution in [0.15, 0.2) is 84.9 Å². The number of sulfonamides is 1. The molecular formula is C31H38ClN3O4S. The molecule has 0 spiro atoms. The summed E-state index contributed by atoms with van der Waals surface area (Å²) in [5, 5.41) is 3.47. The second-order valence-corrected chi connectivity index (χ2v) is 13.2. The van der Waals surface area contributed by atoms with E-state index in [9.17, 15) is 18.0 Å².